The van der Waals surface area contributed by atoms with E-state index in [4.69, 9.17) is 28.9 Å². The van der Waals surface area contributed by atoms with Crippen LogP contribution in [0.3, 0.4) is 0 Å². The monoisotopic (exact) mass is 527 g/mol. The first-order chi connectivity index (χ1) is 19.0. The summed E-state index contributed by atoms with van der Waals surface area (Å²) in [6.07, 6.45) is 5.59. The van der Waals surface area contributed by atoms with Crippen molar-refractivity contribution in [1.82, 2.24) is 15.3 Å². The minimum absolute atomic E-state index is 0.0813. The van der Waals surface area contributed by atoms with Gasteiger partial charge < -0.3 is 24.3 Å². The van der Waals surface area contributed by atoms with E-state index in [0.717, 1.165) is 36.8 Å². The number of amides is 1. The third-order valence-corrected chi connectivity index (χ3v) is 7.18. The molecule has 0 atom stereocenters. The van der Waals surface area contributed by atoms with Gasteiger partial charge in [0.1, 0.15) is 0 Å². The Bertz CT molecular complexity index is 1500. The fourth-order valence-electron chi connectivity index (χ4n) is 5.08. The van der Waals surface area contributed by atoms with Gasteiger partial charge in [0.2, 0.25) is 0 Å². The molecule has 0 bridgehead atoms. The van der Waals surface area contributed by atoms with Gasteiger partial charge in [0.25, 0.3) is 5.91 Å². The minimum atomic E-state index is -0.0813. The van der Waals surface area contributed by atoms with Crippen molar-refractivity contribution in [3.8, 4) is 45.5 Å². The van der Waals surface area contributed by atoms with Gasteiger partial charge in [-0.3, -0.25) is 4.79 Å². The van der Waals surface area contributed by atoms with Crippen LogP contribution in [0, 0.1) is 0 Å². The number of nitrogens with one attached hydrogen (secondary N) is 1. The van der Waals surface area contributed by atoms with Crippen LogP contribution >= 0.6 is 0 Å². The number of fused-ring (bicyclic) bond motifs is 1. The van der Waals surface area contributed by atoms with Crippen molar-refractivity contribution in [3.63, 3.8) is 0 Å². The van der Waals surface area contributed by atoms with E-state index in [-0.39, 0.29) is 11.9 Å². The molecular weight excluding hydrogens is 494 g/mol. The number of carbonyl (C=O) groups is 1. The summed E-state index contributed by atoms with van der Waals surface area (Å²) in [5.74, 6) is 2.32. The van der Waals surface area contributed by atoms with E-state index in [0.29, 0.717) is 51.0 Å². The maximum Gasteiger partial charge on any atom is 0.251 e. The smallest absolute Gasteiger partial charge is 0.251 e. The molecule has 1 N–H and O–H groups in total. The fraction of sp³-hybridized carbons (Fsp3) is 0.323. The Morgan fingerprint density at radius 2 is 1.21 bits per heavy atom. The van der Waals surface area contributed by atoms with Crippen LogP contribution in [0.1, 0.15) is 42.5 Å². The summed E-state index contributed by atoms with van der Waals surface area (Å²) in [5.41, 5.74) is 4.78. The highest BCUT2D eigenvalue weighted by atomic mass is 16.5. The molecule has 202 valence electrons. The Balaban J connectivity index is 1.63. The van der Waals surface area contributed by atoms with Gasteiger partial charge >= 0.3 is 0 Å². The molecule has 8 nitrogen and oxygen atoms in total. The molecule has 0 radical (unpaired) electrons. The zero-order valence-corrected chi connectivity index (χ0v) is 22.7. The van der Waals surface area contributed by atoms with Crippen LogP contribution in [0.2, 0.25) is 0 Å². The molecule has 4 aromatic rings. The highest BCUT2D eigenvalue weighted by molar-refractivity contribution is 5.98. The number of aromatic nitrogens is 2. The van der Waals surface area contributed by atoms with Gasteiger partial charge in [0, 0.05) is 22.7 Å². The van der Waals surface area contributed by atoms with Crippen molar-refractivity contribution in [2.75, 3.05) is 28.4 Å². The maximum atomic E-state index is 13.1. The van der Waals surface area contributed by atoms with E-state index >= 15 is 0 Å². The third-order valence-electron chi connectivity index (χ3n) is 7.18. The number of hydrogen-bond acceptors (Lipinski definition) is 7. The van der Waals surface area contributed by atoms with Crippen molar-refractivity contribution in [2.45, 2.75) is 38.1 Å². The van der Waals surface area contributed by atoms with Gasteiger partial charge in [0.05, 0.1) is 50.9 Å². The second kappa shape index (κ2) is 11.6. The number of benzene rings is 3. The molecule has 1 heterocycles. The van der Waals surface area contributed by atoms with Crippen molar-refractivity contribution in [1.29, 1.82) is 0 Å². The first-order valence-corrected chi connectivity index (χ1v) is 13.1. The summed E-state index contributed by atoms with van der Waals surface area (Å²) in [6.45, 7) is 0. The molecule has 1 aliphatic rings. The van der Waals surface area contributed by atoms with Crippen LogP contribution in [0.15, 0.2) is 54.6 Å². The lowest BCUT2D eigenvalue weighted by Gasteiger charge is -2.22. The minimum Gasteiger partial charge on any atom is -0.493 e. The van der Waals surface area contributed by atoms with Gasteiger partial charge in [-0.15, -0.1) is 0 Å². The fourth-order valence-corrected chi connectivity index (χ4v) is 5.08. The molecule has 1 saturated carbocycles. The Morgan fingerprint density at radius 1 is 0.667 bits per heavy atom. The number of carbonyl (C=O) groups excluding carboxylic acids is 1. The van der Waals surface area contributed by atoms with Crippen LogP contribution in [0.5, 0.6) is 23.0 Å². The van der Waals surface area contributed by atoms with Crippen molar-refractivity contribution >= 4 is 16.9 Å². The van der Waals surface area contributed by atoms with Gasteiger partial charge in [-0.25, -0.2) is 9.97 Å². The Labute approximate surface area is 228 Å². The first kappa shape index (κ1) is 26.3. The number of nitrogens with zero attached hydrogens (tertiary/aromatic N) is 2. The molecule has 3 aromatic carbocycles. The summed E-state index contributed by atoms with van der Waals surface area (Å²) in [4.78, 5) is 23.1. The molecule has 0 spiro atoms. The molecule has 1 amide bonds. The van der Waals surface area contributed by atoms with Crippen molar-refractivity contribution < 1.29 is 23.7 Å². The van der Waals surface area contributed by atoms with Crippen LogP contribution in [-0.2, 0) is 0 Å². The molecule has 8 heteroatoms. The lowest BCUT2D eigenvalue weighted by molar-refractivity contribution is 0.0928. The molecule has 0 saturated heterocycles. The van der Waals surface area contributed by atoms with E-state index in [1.807, 2.05) is 54.6 Å². The van der Waals surface area contributed by atoms with Crippen LogP contribution in [0.25, 0.3) is 33.5 Å². The van der Waals surface area contributed by atoms with E-state index in [1.165, 1.54) is 6.42 Å². The van der Waals surface area contributed by atoms with E-state index < -0.39 is 0 Å². The van der Waals surface area contributed by atoms with Crippen LogP contribution in [-0.4, -0.2) is 50.4 Å². The topological polar surface area (TPSA) is 91.8 Å². The second-order valence-corrected chi connectivity index (χ2v) is 9.57. The van der Waals surface area contributed by atoms with Gasteiger partial charge in [-0.2, -0.15) is 0 Å². The Kier molecular flexibility index (Phi) is 7.81. The van der Waals surface area contributed by atoms with Crippen molar-refractivity contribution in [3.05, 3.63) is 60.2 Å². The normalized spacial score (nSPS) is 13.6. The molecule has 1 aliphatic carbocycles. The number of methoxy groups -OCH3 is 4. The standard InChI is InChI=1S/C31H33N3O5/c1-36-25-14-11-19(17-27(25)38-3)29-30(20-12-15-26(37-2)28(18-20)39-4)34-24-16-21(10-13-23(24)33-29)31(35)32-22-8-6-5-7-9-22/h10-18,22H,5-9H2,1-4H3,(H,32,35). The Morgan fingerprint density at radius 3 is 1.74 bits per heavy atom. The van der Waals surface area contributed by atoms with Crippen molar-refractivity contribution in [2.24, 2.45) is 0 Å². The Hall–Kier alpha value is -4.33. The molecule has 0 aliphatic heterocycles. The quantitative estimate of drug-likeness (QED) is 0.298. The second-order valence-electron chi connectivity index (χ2n) is 9.57. The van der Waals surface area contributed by atoms with Gasteiger partial charge in [0.15, 0.2) is 23.0 Å². The molecular formula is C31H33N3O5. The summed E-state index contributed by atoms with van der Waals surface area (Å²) >= 11 is 0. The summed E-state index contributed by atoms with van der Waals surface area (Å²) in [6, 6.07) is 17.0. The SMILES string of the molecule is COc1ccc(-c2nc3ccc(C(=O)NC4CCCCC4)cc3nc2-c2ccc(OC)c(OC)c2)cc1OC. The zero-order valence-electron chi connectivity index (χ0n) is 22.7. The first-order valence-electron chi connectivity index (χ1n) is 13.1. The van der Waals surface area contributed by atoms with Crippen LogP contribution < -0.4 is 24.3 Å². The molecule has 0 unspecified atom stereocenters. The average molecular weight is 528 g/mol. The highest BCUT2D eigenvalue weighted by Gasteiger charge is 2.20. The lowest BCUT2D eigenvalue weighted by atomic mass is 9.95. The zero-order chi connectivity index (χ0) is 27.4. The molecule has 5 rings (SSSR count). The predicted molar refractivity (Wildman–Crippen MR) is 151 cm³/mol. The summed E-state index contributed by atoms with van der Waals surface area (Å²) in [5, 5.41) is 3.19. The average Bonchev–Trinajstić information content (AvgIpc) is 2.99. The van der Waals surface area contributed by atoms with Gasteiger partial charge in [-0.05, 0) is 67.4 Å². The lowest BCUT2D eigenvalue weighted by Crippen LogP contribution is -2.36. The number of rotatable bonds is 8. The van der Waals surface area contributed by atoms with E-state index in [1.54, 1.807) is 28.4 Å². The van der Waals surface area contributed by atoms with Crippen LogP contribution in [0.4, 0.5) is 0 Å². The predicted octanol–water partition coefficient (Wildman–Crippen LogP) is 6.06. The largest absolute Gasteiger partial charge is 0.493 e. The molecule has 1 aromatic heterocycles. The number of hydrogen-bond donors (Lipinski definition) is 1. The molecule has 1 fully saturated rings. The van der Waals surface area contributed by atoms with E-state index in [2.05, 4.69) is 5.32 Å². The summed E-state index contributed by atoms with van der Waals surface area (Å²) < 4.78 is 22.0. The maximum absolute atomic E-state index is 13.1. The van der Waals surface area contributed by atoms with E-state index in [9.17, 15) is 4.79 Å². The molecule has 39 heavy (non-hydrogen) atoms. The van der Waals surface area contributed by atoms with Gasteiger partial charge in [-0.1, -0.05) is 19.3 Å². The number of ether oxygens (including phenoxy) is 4. The summed E-state index contributed by atoms with van der Waals surface area (Å²) in [7, 11) is 6.40. The third kappa shape index (κ3) is 5.46. The highest BCUT2D eigenvalue weighted by Crippen LogP contribution is 2.39.